The summed E-state index contributed by atoms with van der Waals surface area (Å²) in [4.78, 5) is 6.69. The Hall–Kier alpha value is -1.33. The van der Waals surface area contributed by atoms with Crippen LogP contribution < -0.4 is 0 Å². The zero-order valence-corrected chi connectivity index (χ0v) is 12.2. The molecule has 2 heteroatoms. The summed E-state index contributed by atoms with van der Waals surface area (Å²) in [6.45, 7) is 13.8. The molecule has 0 radical (unpaired) electrons. The standard InChI is InChI=1S/C16H24N2/c1-6-18(7-2)12-8-9-15-11-10-14(13-17-15)16(3,4)5/h10-11,13H,6-7,12H2,1-5H3. The number of pyridine rings is 1. The minimum atomic E-state index is 0.153. The lowest BCUT2D eigenvalue weighted by atomic mass is 9.88. The molecule has 1 aromatic heterocycles. The summed E-state index contributed by atoms with van der Waals surface area (Å²) in [6.07, 6.45) is 1.93. The van der Waals surface area contributed by atoms with Crippen molar-refractivity contribution < 1.29 is 0 Å². The first-order valence-electron chi connectivity index (χ1n) is 6.65. The van der Waals surface area contributed by atoms with Gasteiger partial charge in [-0.25, -0.2) is 4.98 Å². The molecule has 0 atom stereocenters. The fourth-order valence-electron chi connectivity index (χ4n) is 1.60. The van der Waals surface area contributed by atoms with E-state index in [4.69, 9.17) is 0 Å². The Bertz CT molecular complexity index is 411. The van der Waals surface area contributed by atoms with Crippen LogP contribution in [0.1, 0.15) is 45.9 Å². The minimum absolute atomic E-state index is 0.153. The van der Waals surface area contributed by atoms with Gasteiger partial charge in [-0.15, -0.1) is 0 Å². The van der Waals surface area contributed by atoms with Crippen LogP contribution in [-0.4, -0.2) is 29.5 Å². The van der Waals surface area contributed by atoms with Gasteiger partial charge >= 0.3 is 0 Å². The van der Waals surface area contributed by atoms with Crippen LogP contribution in [-0.2, 0) is 5.41 Å². The van der Waals surface area contributed by atoms with Gasteiger partial charge in [-0.1, -0.05) is 46.6 Å². The molecule has 0 aromatic carbocycles. The topological polar surface area (TPSA) is 16.1 Å². The molecule has 1 rings (SSSR count). The molecule has 98 valence electrons. The van der Waals surface area contributed by atoms with Crippen LogP contribution in [0.3, 0.4) is 0 Å². The third kappa shape index (κ3) is 4.50. The number of hydrogen-bond donors (Lipinski definition) is 0. The normalized spacial score (nSPS) is 11.2. The first-order valence-corrected chi connectivity index (χ1v) is 6.65. The van der Waals surface area contributed by atoms with E-state index in [1.165, 1.54) is 5.56 Å². The first kappa shape index (κ1) is 14.7. The summed E-state index contributed by atoms with van der Waals surface area (Å²) in [5.41, 5.74) is 2.26. The summed E-state index contributed by atoms with van der Waals surface area (Å²) < 4.78 is 0. The second-order valence-corrected chi connectivity index (χ2v) is 5.45. The maximum absolute atomic E-state index is 4.40. The van der Waals surface area contributed by atoms with Crippen molar-refractivity contribution in [2.24, 2.45) is 0 Å². The third-order valence-electron chi connectivity index (χ3n) is 3.04. The average Bonchev–Trinajstić information content (AvgIpc) is 2.34. The van der Waals surface area contributed by atoms with Crippen LogP contribution in [0, 0.1) is 11.8 Å². The molecule has 1 aromatic rings. The Morgan fingerprint density at radius 2 is 1.83 bits per heavy atom. The quantitative estimate of drug-likeness (QED) is 0.760. The number of nitrogens with zero attached hydrogens (tertiary/aromatic N) is 2. The second kappa shape index (κ2) is 6.56. The number of rotatable bonds is 3. The average molecular weight is 244 g/mol. The van der Waals surface area contributed by atoms with Crippen molar-refractivity contribution in [3.8, 4) is 11.8 Å². The summed E-state index contributed by atoms with van der Waals surface area (Å²) in [6, 6.07) is 4.13. The molecule has 0 saturated carbocycles. The van der Waals surface area contributed by atoms with Crippen molar-refractivity contribution in [3.63, 3.8) is 0 Å². The molecule has 1 heterocycles. The summed E-state index contributed by atoms with van der Waals surface area (Å²) in [7, 11) is 0. The van der Waals surface area contributed by atoms with E-state index in [1.54, 1.807) is 0 Å². The second-order valence-electron chi connectivity index (χ2n) is 5.45. The molecule has 0 saturated heterocycles. The van der Waals surface area contributed by atoms with Gasteiger partial charge in [0, 0.05) is 6.20 Å². The first-order chi connectivity index (χ1) is 8.47. The lowest BCUT2D eigenvalue weighted by molar-refractivity contribution is 0.342. The Morgan fingerprint density at radius 3 is 2.28 bits per heavy atom. The highest BCUT2D eigenvalue weighted by molar-refractivity contribution is 5.31. The van der Waals surface area contributed by atoms with Crippen molar-refractivity contribution in [3.05, 3.63) is 29.6 Å². The summed E-state index contributed by atoms with van der Waals surface area (Å²) in [5, 5.41) is 0. The molecule has 0 fully saturated rings. The van der Waals surface area contributed by atoms with E-state index in [0.717, 1.165) is 25.3 Å². The van der Waals surface area contributed by atoms with Gasteiger partial charge in [-0.2, -0.15) is 0 Å². The number of aromatic nitrogens is 1. The molecule has 0 aliphatic heterocycles. The van der Waals surface area contributed by atoms with Gasteiger partial charge in [0.05, 0.1) is 6.54 Å². The molecule has 2 nitrogen and oxygen atoms in total. The molecule has 0 amide bonds. The largest absolute Gasteiger partial charge is 0.293 e. The Labute approximate surface area is 111 Å². The van der Waals surface area contributed by atoms with Crippen molar-refractivity contribution >= 4 is 0 Å². The SMILES string of the molecule is CCN(CC)CC#Cc1ccc(C(C)(C)C)cn1. The van der Waals surface area contributed by atoms with Crippen LogP contribution in [0.15, 0.2) is 18.3 Å². The maximum atomic E-state index is 4.40. The molecule has 0 spiro atoms. The highest BCUT2D eigenvalue weighted by atomic mass is 15.1. The number of hydrogen-bond acceptors (Lipinski definition) is 2. The zero-order valence-electron chi connectivity index (χ0n) is 12.2. The maximum Gasteiger partial charge on any atom is 0.113 e. The molecule has 0 aliphatic rings. The highest BCUT2D eigenvalue weighted by Gasteiger charge is 2.13. The van der Waals surface area contributed by atoms with Gasteiger partial charge in [0.2, 0.25) is 0 Å². The fourth-order valence-corrected chi connectivity index (χ4v) is 1.60. The van der Waals surface area contributed by atoms with Crippen LogP contribution in [0.5, 0.6) is 0 Å². The zero-order chi connectivity index (χ0) is 13.6. The van der Waals surface area contributed by atoms with E-state index in [1.807, 2.05) is 12.3 Å². The van der Waals surface area contributed by atoms with E-state index >= 15 is 0 Å². The Kier molecular flexibility index (Phi) is 5.37. The molecule has 0 unspecified atom stereocenters. The smallest absolute Gasteiger partial charge is 0.113 e. The van der Waals surface area contributed by atoms with E-state index < -0.39 is 0 Å². The third-order valence-corrected chi connectivity index (χ3v) is 3.04. The Balaban J connectivity index is 2.67. The molecule has 0 N–H and O–H groups in total. The van der Waals surface area contributed by atoms with E-state index in [2.05, 4.69) is 62.4 Å². The van der Waals surface area contributed by atoms with Crippen molar-refractivity contribution in [1.29, 1.82) is 0 Å². The predicted octanol–water partition coefficient (Wildman–Crippen LogP) is 3.07. The van der Waals surface area contributed by atoms with Gasteiger partial charge < -0.3 is 0 Å². The lowest BCUT2D eigenvalue weighted by Crippen LogP contribution is -2.22. The molecule has 18 heavy (non-hydrogen) atoms. The molecule has 0 bridgehead atoms. The van der Waals surface area contributed by atoms with Gasteiger partial charge in [-0.3, -0.25) is 4.90 Å². The van der Waals surface area contributed by atoms with Gasteiger partial charge in [0.25, 0.3) is 0 Å². The van der Waals surface area contributed by atoms with Crippen molar-refractivity contribution in [2.75, 3.05) is 19.6 Å². The molecular formula is C16H24N2. The van der Waals surface area contributed by atoms with Gasteiger partial charge in [-0.05, 0) is 36.1 Å². The van der Waals surface area contributed by atoms with Crippen molar-refractivity contribution in [2.45, 2.75) is 40.0 Å². The molecular weight excluding hydrogens is 220 g/mol. The fraction of sp³-hybridized carbons (Fsp3) is 0.562. The van der Waals surface area contributed by atoms with Crippen LogP contribution in [0.2, 0.25) is 0 Å². The molecule has 0 aliphatic carbocycles. The van der Waals surface area contributed by atoms with Gasteiger partial charge in [0.1, 0.15) is 5.69 Å². The van der Waals surface area contributed by atoms with E-state index in [9.17, 15) is 0 Å². The van der Waals surface area contributed by atoms with Crippen LogP contribution >= 0.6 is 0 Å². The highest BCUT2D eigenvalue weighted by Crippen LogP contribution is 2.20. The predicted molar refractivity (Wildman–Crippen MR) is 77.6 cm³/mol. The van der Waals surface area contributed by atoms with Crippen LogP contribution in [0.25, 0.3) is 0 Å². The summed E-state index contributed by atoms with van der Waals surface area (Å²) in [5.74, 6) is 6.29. The Morgan fingerprint density at radius 1 is 1.17 bits per heavy atom. The van der Waals surface area contributed by atoms with E-state index in [-0.39, 0.29) is 5.41 Å². The minimum Gasteiger partial charge on any atom is -0.293 e. The summed E-state index contributed by atoms with van der Waals surface area (Å²) >= 11 is 0. The van der Waals surface area contributed by atoms with E-state index in [0.29, 0.717) is 0 Å². The monoisotopic (exact) mass is 244 g/mol. The lowest BCUT2D eigenvalue weighted by Gasteiger charge is -2.17. The van der Waals surface area contributed by atoms with Crippen LogP contribution in [0.4, 0.5) is 0 Å². The van der Waals surface area contributed by atoms with Crippen molar-refractivity contribution in [1.82, 2.24) is 9.88 Å². The van der Waals surface area contributed by atoms with Gasteiger partial charge in [0.15, 0.2) is 0 Å².